The third-order valence-corrected chi connectivity index (χ3v) is 5.78. The lowest BCUT2D eigenvalue weighted by Gasteiger charge is -2.13. The predicted octanol–water partition coefficient (Wildman–Crippen LogP) is 0.706. The van der Waals surface area contributed by atoms with Crippen LogP contribution in [-0.4, -0.2) is 58.0 Å². The average molecular weight is 494 g/mol. The number of nitrogens with one attached hydrogen (secondary N) is 3. The minimum absolute atomic E-state index is 0. The Morgan fingerprint density at radius 3 is 2.50 bits per heavy atom. The van der Waals surface area contributed by atoms with Crippen LogP contribution in [0.2, 0.25) is 0 Å². The highest BCUT2D eigenvalue weighted by atomic mass is 127. The topological polar surface area (TPSA) is 99.7 Å². The third kappa shape index (κ3) is 8.35. The van der Waals surface area contributed by atoms with Gasteiger partial charge in [0.15, 0.2) is 15.8 Å². The highest BCUT2D eigenvalue weighted by Crippen LogP contribution is 2.11. The zero-order valence-corrected chi connectivity index (χ0v) is 18.0. The van der Waals surface area contributed by atoms with Crippen molar-refractivity contribution in [3.8, 4) is 0 Å². The van der Waals surface area contributed by atoms with Crippen LogP contribution in [0.1, 0.15) is 18.4 Å². The van der Waals surface area contributed by atoms with Gasteiger partial charge in [-0.3, -0.25) is 9.79 Å². The molecular formula is C17H27IN4O3S. The number of sulfone groups is 1. The van der Waals surface area contributed by atoms with Crippen LogP contribution in [0.4, 0.5) is 0 Å². The van der Waals surface area contributed by atoms with Crippen LogP contribution in [0.15, 0.2) is 35.3 Å². The quantitative estimate of drug-likeness (QED) is 0.295. The minimum atomic E-state index is -2.97. The van der Waals surface area contributed by atoms with Crippen molar-refractivity contribution >= 4 is 45.7 Å². The van der Waals surface area contributed by atoms with E-state index in [9.17, 15) is 13.2 Å². The Balaban J connectivity index is 0.00000338. The van der Waals surface area contributed by atoms with Crippen LogP contribution in [-0.2, 0) is 21.1 Å². The Kier molecular flexibility index (Phi) is 9.92. The van der Waals surface area contributed by atoms with Crippen LogP contribution in [0.3, 0.4) is 0 Å². The van der Waals surface area contributed by atoms with E-state index in [4.69, 9.17) is 0 Å². The van der Waals surface area contributed by atoms with Crippen molar-refractivity contribution in [1.29, 1.82) is 0 Å². The molecule has 1 aliphatic heterocycles. The molecule has 0 radical (unpaired) electrons. The molecule has 9 heteroatoms. The summed E-state index contributed by atoms with van der Waals surface area (Å²) < 4.78 is 22.8. The Hall–Kier alpha value is -1.36. The van der Waals surface area contributed by atoms with Crippen LogP contribution < -0.4 is 16.0 Å². The molecular weight excluding hydrogens is 467 g/mol. The van der Waals surface area contributed by atoms with Crippen LogP contribution in [0.25, 0.3) is 0 Å². The van der Waals surface area contributed by atoms with Gasteiger partial charge < -0.3 is 16.0 Å². The van der Waals surface area contributed by atoms with E-state index in [1.807, 2.05) is 18.2 Å². The maximum absolute atomic E-state index is 11.9. The lowest BCUT2D eigenvalue weighted by molar-refractivity contribution is -0.121. The van der Waals surface area contributed by atoms with E-state index in [0.29, 0.717) is 18.9 Å². The summed E-state index contributed by atoms with van der Waals surface area (Å²) in [4.78, 5) is 16.0. The van der Waals surface area contributed by atoms with Gasteiger partial charge in [0.1, 0.15) is 0 Å². The average Bonchev–Trinajstić information content (AvgIpc) is 2.93. The molecule has 1 fully saturated rings. The molecule has 1 saturated heterocycles. The minimum Gasteiger partial charge on any atom is -0.356 e. The second-order valence-corrected chi connectivity index (χ2v) is 8.31. The summed E-state index contributed by atoms with van der Waals surface area (Å²) in [5, 5.41) is 9.06. The highest BCUT2D eigenvalue weighted by Gasteiger charge is 2.28. The van der Waals surface area contributed by atoms with Crippen molar-refractivity contribution in [2.24, 2.45) is 4.99 Å². The Morgan fingerprint density at radius 2 is 1.88 bits per heavy atom. The first-order valence-electron chi connectivity index (χ1n) is 8.47. The SMILES string of the molecule is CN=C(NCCC(=O)NC1CCS(=O)(=O)C1)NCCc1ccccc1.I. The van der Waals surface area contributed by atoms with Gasteiger partial charge in [0, 0.05) is 32.6 Å². The molecule has 1 atom stereocenters. The fourth-order valence-corrected chi connectivity index (χ4v) is 4.37. The van der Waals surface area contributed by atoms with Crippen LogP contribution in [0, 0.1) is 0 Å². The number of benzene rings is 1. The molecule has 1 amide bonds. The fraction of sp³-hybridized carbons (Fsp3) is 0.529. The largest absolute Gasteiger partial charge is 0.356 e. The van der Waals surface area contributed by atoms with Crippen molar-refractivity contribution in [3.63, 3.8) is 0 Å². The van der Waals surface area contributed by atoms with Gasteiger partial charge in [-0.1, -0.05) is 30.3 Å². The summed E-state index contributed by atoms with van der Waals surface area (Å²) in [5.41, 5.74) is 1.25. The van der Waals surface area contributed by atoms with Gasteiger partial charge in [0.2, 0.25) is 5.91 Å². The molecule has 146 valence electrons. The maximum atomic E-state index is 11.9. The molecule has 1 aliphatic rings. The van der Waals surface area contributed by atoms with E-state index in [2.05, 4.69) is 33.1 Å². The molecule has 0 saturated carbocycles. The number of carbonyl (C=O) groups is 1. The number of hydrogen-bond donors (Lipinski definition) is 3. The van der Waals surface area contributed by atoms with Gasteiger partial charge in [-0.05, 0) is 18.4 Å². The van der Waals surface area contributed by atoms with Gasteiger partial charge in [0.25, 0.3) is 0 Å². The number of guanidine groups is 1. The number of halogens is 1. The molecule has 1 unspecified atom stereocenters. The standard InChI is InChI=1S/C17H26N4O3S.HI/c1-18-17(19-10-7-14-5-3-2-4-6-14)20-11-8-16(22)21-15-9-12-25(23,24)13-15;/h2-6,15H,7-13H2,1H3,(H,21,22)(H2,18,19,20);1H. The molecule has 0 aromatic heterocycles. The first-order chi connectivity index (χ1) is 12.0. The molecule has 0 aliphatic carbocycles. The maximum Gasteiger partial charge on any atom is 0.222 e. The van der Waals surface area contributed by atoms with E-state index in [1.165, 1.54) is 5.56 Å². The van der Waals surface area contributed by atoms with E-state index in [-0.39, 0.29) is 53.9 Å². The third-order valence-electron chi connectivity index (χ3n) is 4.01. The molecule has 1 aromatic rings. The molecule has 26 heavy (non-hydrogen) atoms. The van der Waals surface area contributed by atoms with Crippen molar-refractivity contribution in [1.82, 2.24) is 16.0 Å². The zero-order chi connectivity index (χ0) is 18.1. The van der Waals surface area contributed by atoms with Gasteiger partial charge in [-0.25, -0.2) is 8.42 Å². The summed E-state index contributed by atoms with van der Waals surface area (Å²) in [6.45, 7) is 1.19. The van der Waals surface area contributed by atoms with E-state index < -0.39 is 9.84 Å². The van der Waals surface area contributed by atoms with E-state index in [1.54, 1.807) is 7.05 Å². The molecule has 0 spiro atoms. The molecule has 2 rings (SSSR count). The van der Waals surface area contributed by atoms with Gasteiger partial charge in [-0.2, -0.15) is 0 Å². The smallest absolute Gasteiger partial charge is 0.222 e. The Morgan fingerprint density at radius 1 is 1.19 bits per heavy atom. The molecule has 1 heterocycles. The monoisotopic (exact) mass is 494 g/mol. The van der Waals surface area contributed by atoms with Crippen molar-refractivity contribution in [2.45, 2.75) is 25.3 Å². The number of aliphatic imine (C=N–C) groups is 1. The fourth-order valence-electron chi connectivity index (χ4n) is 2.69. The number of carbonyl (C=O) groups excluding carboxylic acids is 1. The van der Waals surface area contributed by atoms with Crippen molar-refractivity contribution < 1.29 is 13.2 Å². The number of amides is 1. The molecule has 0 bridgehead atoms. The van der Waals surface area contributed by atoms with Crippen molar-refractivity contribution in [2.75, 3.05) is 31.6 Å². The van der Waals surface area contributed by atoms with Gasteiger partial charge in [0.05, 0.1) is 11.5 Å². The molecule has 1 aromatic carbocycles. The van der Waals surface area contributed by atoms with Gasteiger partial charge >= 0.3 is 0 Å². The predicted molar refractivity (Wildman–Crippen MR) is 115 cm³/mol. The Bertz CT molecular complexity index is 695. The lowest BCUT2D eigenvalue weighted by Crippen LogP contribution is -2.41. The van der Waals surface area contributed by atoms with Gasteiger partial charge in [-0.15, -0.1) is 24.0 Å². The highest BCUT2D eigenvalue weighted by molar-refractivity contribution is 14.0. The Labute approximate surface area is 172 Å². The normalized spacial score (nSPS) is 18.7. The number of hydrogen-bond acceptors (Lipinski definition) is 4. The first kappa shape index (κ1) is 22.7. The lowest BCUT2D eigenvalue weighted by atomic mass is 10.1. The zero-order valence-electron chi connectivity index (χ0n) is 14.9. The summed E-state index contributed by atoms with van der Waals surface area (Å²) >= 11 is 0. The summed E-state index contributed by atoms with van der Waals surface area (Å²) in [6, 6.07) is 9.91. The van der Waals surface area contributed by atoms with E-state index >= 15 is 0 Å². The second kappa shape index (κ2) is 11.4. The second-order valence-electron chi connectivity index (χ2n) is 6.08. The summed E-state index contributed by atoms with van der Waals surface area (Å²) in [6.07, 6.45) is 1.67. The van der Waals surface area contributed by atoms with E-state index in [0.717, 1.165) is 13.0 Å². The number of nitrogens with zero attached hydrogens (tertiary/aromatic N) is 1. The van der Waals surface area contributed by atoms with Crippen LogP contribution >= 0.6 is 24.0 Å². The molecule has 7 nitrogen and oxygen atoms in total. The van der Waals surface area contributed by atoms with Crippen LogP contribution in [0.5, 0.6) is 0 Å². The summed E-state index contributed by atoms with van der Waals surface area (Å²) in [7, 11) is -1.29. The number of rotatable bonds is 7. The first-order valence-corrected chi connectivity index (χ1v) is 10.3. The summed E-state index contributed by atoms with van der Waals surface area (Å²) in [5.74, 6) is 0.713. The molecule has 3 N–H and O–H groups in total. The van der Waals surface area contributed by atoms with Crippen molar-refractivity contribution in [3.05, 3.63) is 35.9 Å².